The molecule has 0 aliphatic heterocycles. The van der Waals surface area contributed by atoms with E-state index in [1.807, 2.05) is 0 Å². The molecule has 21 heteroatoms. The van der Waals surface area contributed by atoms with Crippen molar-refractivity contribution in [2.45, 2.75) is 83.5 Å². The molecule has 0 spiro atoms. The number of rotatable bonds is 21. The second-order valence-electron chi connectivity index (χ2n) is 8.20. The SMILES string of the molecule is O=C(O)CCC(=O)O.O=C(O)CCCC(=O)O.O=C(O)CCCCC(=O)O.O=C(O)CCCCC(=O)O.O=C(O)COCC(=O)O. The Hall–Kier alpha value is -5.34. The minimum atomic E-state index is -1.17. The zero-order valence-electron chi connectivity index (χ0n) is 24.6. The molecule has 0 amide bonds. The van der Waals surface area contributed by atoms with E-state index in [4.69, 9.17) is 51.1 Å². The zero-order chi connectivity index (χ0) is 37.1. The predicted octanol–water partition coefficient (Wildman–Crippen LogP) is 0.866. The van der Waals surface area contributed by atoms with E-state index in [0.717, 1.165) is 0 Å². The summed E-state index contributed by atoms with van der Waals surface area (Å²) in [7, 11) is 0. The number of carboxylic acid groups (broad SMARTS) is 10. The van der Waals surface area contributed by atoms with Gasteiger partial charge in [0.05, 0.1) is 12.8 Å². The molecule has 46 heavy (non-hydrogen) atoms. The highest BCUT2D eigenvalue weighted by Crippen LogP contribution is 1.99. The van der Waals surface area contributed by atoms with Gasteiger partial charge in [-0.1, -0.05) is 0 Å². The third-order valence-corrected chi connectivity index (χ3v) is 3.85. The van der Waals surface area contributed by atoms with Gasteiger partial charge in [-0.3, -0.25) is 38.4 Å². The van der Waals surface area contributed by atoms with Gasteiger partial charge in [0, 0.05) is 38.5 Å². The molecule has 266 valence electrons. The molecule has 0 aliphatic rings. The number of hydrogen-bond donors (Lipinski definition) is 10. The Labute approximate surface area is 260 Å². The summed E-state index contributed by atoms with van der Waals surface area (Å²) in [6.07, 6.45) is 1.53. The molecule has 0 radical (unpaired) electrons. The molecule has 0 aliphatic carbocycles. The molecule has 0 unspecified atom stereocenters. The maximum absolute atomic E-state index is 9.90. The smallest absolute Gasteiger partial charge is 0.329 e. The highest BCUT2D eigenvalue weighted by molar-refractivity contribution is 5.75. The van der Waals surface area contributed by atoms with Crippen molar-refractivity contribution in [3.05, 3.63) is 0 Å². The molecule has 0 bridgehead atoms. The standard InChI is InChI=1S/2C6H10O4.C5H8O4.C4H6O5.C4H6O4/c2*7-5(8)3-1-2-4-6(9)10;6-4(7)2-1-3-5(8)9;5-3(6)1-9-2-4(7)8;5-3(6)1-2-4(7)8/h2*1-4H2,(H,7,8)(H,9,10);1-3H2,(H,6,7)(H,8,9);1-2H2,(H,5,6)(H,7,8);1-2H2,(H,5,6)(H,7,8). The lowest BCUT2D eigenvalue weighted by Gasteiger charge is -1.92. The highest BCUT2D eigenvalue weighted by Gasteiger charge is 2.02. The van der Waals surface area contributed by atoms with Crippen LogP contribution in [0.5, 0.6) is 0 Å². The second kappa shape index (κ2) is 35.9. The molecule has 0 atom stereocenters. The quantitative estimate of drug-likeness (QED) is 0.0753. The number of hydrogen-bond acceptors (Lipinski definition) is 11. The molecule has 0 saturated carbocycles. The number of ether oxygens (including phenoxy) is 1. The molecule has 0 saturated heterocycles. The zero-order valence-corrected chi connectivity index (χ0v) is 24.6. The van der Waals surface area contributed by atoms with E-state index < -0.39 is 72.9 Å². The summed E-state index contributed by atoms with van der Waals surface area (Å²) < 4.78 is 4.16. The lowest BCUT2D eigenvalue weighted by atomic mass is 10.2. The monoisotopic (exact) mass is 676 g/mol. The number of aliphatic carboxylic acids is 10. The molecule has 0 aromatic heterocycles. The molecule has 10 N–H and O–H groups in total. The Kier molecular flexibility index (Phi) is 39.2. The van der Waals surface area contributed by atoms with E-state index in [9.17, 15) is 47.9 Å². The van der Waals surface area contributed by atoms with Gasteiger partial charge in [-0.05, 0) is 32.1 Å². The minimum absolute atomic E-state index is 0.0628. The van der Waals surface area contributed by atoms with Crippen LogP contribution < -0.4 is 0 Å². The van der Waals surface area contributed by atoms with Crippen molar-refractivity contribution < 1.29 is 104 Å². The summed E-state index contributed by atoms with van der Waals surface area (Å²) in [5, 5.41) is 80.2. The van der Waals surface area contributed by atoms with Gasteiger partial charge >= 0.3 is 59.7 Å². The second-order valence-corrected chi connectivity index (χ2v) is 8.20. The summed E-state index contributed by atoms with van der Waals surface area (Å²) >= 11 is 0. The molecular weight excluding hydrogens is 636 g/mol. The predicted molar refractivity (Wildman–Crippen MR) is 147 cm³/mol. The molecular formula is C25H40O21. The van der Waals surface area contributed by atoms with E-state index in [0.29, 0.717) is 25.7 Å². The van der Waals surface area contributed by atoms with Crippen molar-refractivity contribution in [2.24, 2.45) is 0 Å². The molecule has 21 nitrogen and oxygen atoms in total. The van der Waals surface area contributed by atoms with E-state index >= 15 is 0 Å². The fourth-order valence-electron chi connectivity index (χ4n) is 1.94. The molecule has 0 aromatic carbocycles. The lowest BCUT2D eigenvalue weighted by molar-refractivity contribution is -0.149. The van der Waals surface area contributed by atoms with E-state index in [1.54, 1.807) is 0 Å². The van der Waals surface area contributed by atoms with E-state index in [-0.39, 0.29) is 57.8 Å². The van der Waals surface area contributed by atoms with Crippen LogP contribution in [0.2, 0.25) is 0 Å². The highest BCUT2D eigenvalue weighted by atomic mass is 16.5. The van der Waals surface area contributed by atoms with E-state index in [2.05, 4.69) is 4.74 Å². The Bertz CT molecular complexity index is 819. The number of carbonyl (C=O) groups is 10. The van der Waals surface area contributed by atoms with Crippen LogP contribution in [0, 0.1) is 0 Å². The van der Waals surface area contributed by atoms with Crippen LogP contribution >= 0.6 is 0 Å². The first-order chi connectivity index (χ1) is 21.1. The summed E-state index contributed by atoms with van der Waals surface area (Å²) in [5.41, 5.74) is 0. The van der Waals surface area contributed by atoms with Gasteiger partial charge in [0.1, 0.15) is 13.2 Å². The van der Waals surface area contributed by atoms with Gasteiger partial charge in [0.15, 0.2) is 0 Å². The van der Waals surface area contributed by atoms with Crippen molar-refractivity contribution in [2.75, 3.05) is 13.2 Å². The average molecular weight is 677 g/mol. The first-order valence-electron chi connectivity index (χ1n) is 12.9. The summed E-state index contributed by atoms with van der Waals surface area (Å²) in [6.45, 7) is -1.13. The third kappa shape index (κ3) is 83.3. The number of carboxylic acids is 10. The van der Waals surface area contributed by atoms with Crippen LogP contribution in [-0.2, 0) is 52.7 Å². The van der Waals surface area contributed by atoms with Gasteiger partial charge in [-0.25, -0.2) is 9.59 Å². The lowest BCUT2D eigenvalue weighted by Crippen LogP contribution is -2.13. The summed E-state index contributed by atoms with van der Waals surface area (Å²) in [5.74, 6) is -9.87. The maximum atomic E-state index is 9.90. The summed E-state index contributed by atoms with van der Waals surface area (Å²) in [4.78, 5) is 97.8. The van der Waals surface area contributed by atoms with Crippen LogP contribution in [0.4, 0.5) is 0 Å². The number of unbranched alkanes of at least 4 members (excludes halogenated alkanes) is 2. The van der Waals surface area contributed by atoms with Crippen molar-refractivity contribution >= 4 is 59.7 Å². The fraction of sp³-hybridized carbons (Fsp3) is 0.600. The van der Waals surface area contributed by atoms with Gasteiger partial charge in [-0.2, -0.15) is 0 Å². The fourth-order valence-corrected chi connectivity index (χ4v) is 1.94. The maximum Gasteiger partial charge on any atom is 0.329 e. The normalized spacial score (nSPS) is 8.96. The first-order valence-corrected chi connectivity index (χ1v) is 12.9. The van der Waals surface area contributed by atoms with Crippen LogP contribution in [0.15, 0.2) is 0 Å². The van der Waals surface area contributed by atoms with Gasteiger partial charge in [-0.15, -0.1) is 0 Å². The van der Waals surface area contributed by atoms with Crippen molar-refractivity contribution in [1.82, 2.24) is 0 Å². The molecule has 0 heterocycles. The Balaban J connectivity index is -0.000000153. The van der Waals surface area contributed by atoms with Crippen LogP contribution in [-0.4, -0.2) is 124 Å². The Morgan fingerprint density at radius 3 is 0.587 bits per heavy atom. The van der Waals surface area contributed by atoms with Crippen LogP contribution in [0.1, 0.15) is 83.5 Å². The van der Waals surface area contributed by atoms with Crippen molar-refractivity contribution in [3.8, 4) is 0 Å². The Morgan fingerprint density at radius 2 is 0.435 bits per heavy atom. The molecule has 0 aromatic rings. The first kappa shape index (κ1) is 50.3. The van der Waals surface area contributed by atoms with Crippen molar-refractivity contribution in [3.63, 3.8) is 0 Å². The largest absolute Gasteiger partial charge is 0.481 e. The van der Waals surface area contributed by atoms with Gasteiger partial charge in [0.2, 0.25) is 0 Å². The van der Waals surface area contributed by atoms with Gasteiger partial charge < -0.3 is 55.8 Å². The topological polar surface area (TPSA) is 382 Å². The Morgan fingerprint density at radius 1 is 0.261 bits per heavy atom. The summed E-state index contributed by atoms with van der Waals surface area (Å²) in [6, 6.07) is 0. The third-order valence-electron chi connectivity index (χ3n) is 3.85. The van der Waals surface area contributed by atoms with E-state index in [1.165, 1.54) is 0 Å². The van der Waals surface area contributed by atoms with Crippen LogP contribution in [0.3, 0.4) is 0 Å². The molecule has 0 fully saturated rings. The van der Waals surface area contributed by atoms with Gasteiger partial charge in [0.25, 0.3) is 0 Å². The van der Waals surface area contributed by atoms with Crippen LogP contribution in [0.25, 0.3) is 0 Å². The average Bonchev–Trinajstić information content (AvgIpc) is 2.88. The van der Waals surface area contributed by atoms with Crippen molar-refractivity contribution in [1.29, 1.82) is 0 Å². The molecule has 0 rings (SSSR count). The minimum Gasteiger partial charge on any atom is -0.481 e.